The molecule has 1 aromatic rings. The molecule has 0 bridgehead atoms. The van der Waals surface area contributed by atoms with Gasteiger partial charge in [-0.2, -0.15) is 0 Å². The summed E-state index contributed by atoms with van der Waals surface area (Å²) in [6.45, 7) is 1.13. The van der Waals surface area contributed by atoms with Gasteiger partial charge in [0.15, 0.2) is 11.5 Å². The number of hydrogen-bond donors (Lipinski definition) is 1. The van der Waals surface area contributed by atoms with E-state index in [1.165, 1.54) is 0 Å². The van der Waals surface area contributed by atoms with Gasteiger partial charge in [0.05, 0.1) is 0 Å². The Morgan fingerprint density at radius 2 is 2.00 bits per heavy atom. The maximum absolute atomic E-state index is 11.7. The lowest BCUT2D eigenvalue weighted by molar-refractivity contribution is -0.116. The number of carbonyl (C=O) groups is 1. The van der Waals surface area contributed by atoms with Crippen LogP contribution in [0.3, 0.4) is 0 Å². The van der Waals surface area contributed by atoms with E-state index >= 15 is 0 Å². The number of rotatable bonds is 5. The highest BCUT2D eigenvalue weighted by Crippen LogP contribution is 2.32. The predicted octanol–water partition coefficient (Wildman–Crippen LogP) is 2.96. The Morgan fingerprint density at radius 3 is 2.78 bits per heavy atom. The van der Waals surface area contributed by atoms with Gasteiger partial charge in [-0.3, -0.25) is 4.79 Å². The Balaban J connectivity index is 1.91. The molecule has 1 N–H and O–H groups in total. The maximum atomic E-state index is 11.7. The second-order valence-corrected chi connectivity index (χ2v) is 4.85. The molecule has 1 aliphatic heterocycles. The summed E-state index contributed by atoms with van der Waals surface area (Å²) in [5.41, 5.74) is 0.753. The molecule has 0 radical (unpaired) electrons. The first-order valence-electron chi connectivity index (χ1n) is 6.05. The number of fused-ring (bicyclic) bond motifs is 1. The highest BCUT2D eigenvalue weighted by Gasteiger charge is 2.12. The average Bonchev–Trinajstić information content (AvgIpc) is 2.39. The summed E-state index contributed by atoms with van der Waals surface area (Å²) in [6, 6.07) is 5.45. The number of hydrogen-bond acceptors (Lipinski definition) is 3. The zero-order valence-electron chi connectivity index (χ0n) is 10.1. The number of ether oxygens (including phenoxy) is 2. The van der Waals surface area contributed by atoms with Crippen LogP contribution in [0, 0.1) is 0 Å². The van der Waals surface area contributed by atoms with E-state index < -0.39 is 0 Å². The van der Waals surface area contributed by atoms with Crippen molar-refractivity contribution >= 4 is 27.5 Å². The molecular weight excluding hydrogens is 298 g/mol. The Morgan fingerprint density at radius 1 is 1.22 bits per heavy atom. The van der Waals surface area contributed by atoms with Crippen molar-refractivity contribution in [2.75, 3.05) is 23.9 Å². The molecular formula is C13H16BrNO3. The number of carbonyl (C=O) groups excluding carboxylic acids is 1. The highest BCUT2D eigenvalue weighted by molar-refractivity contribution is 9.09. The molecule has 0 fully saturated rings. The average molecular weight is 314 g/mol. The van der Waals surface area contributed by atoms with E-state index in [0.29, 0.717) is 25.4 Å². The Bertz CT molecular complexity index is 423. The molecule has 18 heavy (non-hydrogen) atoms. The standard InChI is InChI=1S/C13H16BrNO3/c14-6-2-1-3-13(16)15-10-4-5-11-12(9-10)18-8-7-17-11/h4-5,9H,1-3,6-8H2,(H,15,16). The van der Waals surface area contributed by atoms with Crippen LogP contribution in [-0.4, -0.2) is 24.5 Å². The lowest BCUT2D eigenvalue weighted by Crippen LogP contribution is -2.16. The highest BCUT2D eigenvalue weighted by atomic mass is 79.9. The van der Waals surface area contributed by atoms with Crippen molar-refractivity contribution in [3.63, 3.8) is 0 Å². The lowest BCUT2D eigenvalue weighted by Gasteiger charge is -2.19. The summed E-state index contributed by atoms with van der Waals surface area (Å²) < 4.78 is 10.9. The summed E-state index contributed by atoms with van der Waals surface area (Å²) in [5, 5.41) is 3.80. The summed E-state index contributed by atoms with van der Waals surface area (Å²) in [6.07, 6.45) is 2.44. The molecule has 0 aromatic heterocycles. The van der Waals surface area contributed by atoms with Crippen LogP contribution in [0.25, 0.3) is 0 Å². The maximum Gasteiger partial charge on any atom is 0.224 e. The number of unbranched alkanes of at least 4 members (excludes halogenated alkanes) is 1. The van der Waals surface area contributed by atoms with E-state index in [4.69, 9.17) is 9.47 Å². The topological polar surface area (TPSA) is 47.6 Å². The van der Waals surface area contributed by atoms with E-state index in [0.717, 1.165) is 29.6 Å². The smallest absolute Gasteiger partial charge is 0.224 e. The van der Waals surface area contributed by atoms with Gasteiger partial charge in [-0.05, 0) is 25.0 Å². The minimum Gasteiger partial charge on any atom is -0.486 e. The van der Waals surface area contributed by atoms with Crippen molar-refractivity contribution in [1.29, 1.82) is 0 Å². The number of anilines is 1. The summed E-state index contributed by atoms with van der Waals surface area (Å²) >= 11 is 3.35. The summed E-state index contributed by atoms with van der Waals surface area (Å²) in [5.74, 6) is 1.46. The van der Waals surface area contributed by atoms with Crippen molar-refractivity contribution in [2.24, 2.45) is 0 Å². The third-order valence-electron chi connectivity index (χ3n) is 2.61. The van der Waals surface area contributed by atoms with Crippen molar-refractivity contribution in [1.82, 2.24) is 0 Å². The monoisotopic (exact) mass is 313 g/mol. The van der Waals surface area contributed by atoms with Gasteiger partial charge in [-0.15, -0.1) is 0 Å². The van der Waals surface area contributed by atoms with Crippen LogP contribution in [0.1, 0.15) is 19.3 Å². The van der Waals surface area contributed by atoms with Gasteiger partial charge in [-0.1, -0.05) is 15.9 Å². The minimum absolute atomic E-state index is 0.0348. The first kappa shape index (κ1) is 13.2. The molecule has 4 nitrogen and oxygen atoms in total. The fraction of sp³-hybridized carbons (Fsp3) is 0.462. The minimum atomic E-state index is 0.0348. The molecule has 5 heteroatoms. The molecule has 0 spiro atoms. The zero-order chi connectivity index (χ0) is 12.8. The third-order valence-corrected chi connectivity index (χ3v) is 3.17. The van der Waals surface area contributed by atoms with Crippen LogP contribution >= 0.6 is 15.9 Å². The third kappa shape index (κ3) is 3.63. The van der Waals surface area contributed by atoms with E-state index in [1.54, 1.807) is 6.07 Å². The molecule has 0 saturated heterocycles. The number of amides is 1. The number of nitrogens with one attached hydrogen (secondary N) is 1. The van der Waals surface area contributed by atoms with Gasteiger partial charge in [0.25, 0.3) is 0 Å². The first-order chi connectivity index (χ1) is 8.79. The molecule has 2 rings (SSSR count). The predicted molar refractivity (Wildman–Crippen MR) is 73.7 cm³/mol. The molecule has 1 aliphatic rings. The number of alkyl halides is 1. The second-order valence-electron chi connectivity index (χ2n) is 4.05. The normalized spacial score (nSPS) is 13.2. The fourth-order valence-electron chi connectivity index (χ4n) is 1.72. The van der Waals surface area contributed by atoms with E-state index in [9.17, 15) is 4.79 Å². The van der Waals surface area contributed by atoms with Gasteiger partial charge < -0.3 is 14.8 Å². The summed E-state index contributed by atoms with van der Waals surface area (Å²) in [4.78, 5) is 11.7. The Labute approximate surface area is 115 Å². The molecule has 1 heterocycles. The van der Waals surface area contributed by atoms with Gasteiger partial charge in [0, 0.05) is 23.5 Å². The largest absolute Gasteiger partial charge is 0.486 e. The quantitative estimate of drug-likeness (QED) is 0.671. The van der Waals surface area contributed by atoms with Gasteiger partial charge >= 0.3 is 0 Å². The van der Waals surface area contributed by atoms with Crippen molar-refractivity contribution in [3.05, 3.63) is 18.2 Å². The van der Waals surface area contributed by atoms with E-state index in [2.05, 4.69) is 21.2 Å². The number of benzene rings is 1. The molecule has 0 saturated carbocycles. The van der Waals surface area contributed by atoms with Crippen LogP contribution in [0.4, 0.5) is 5.69 Å². The van der Waals surface area contributed by atoms with Gasteiger partial charge in [0.1, 0.15) is 13.2 Å². The van der Waals surface area contributed by atoms with Crippen LogP contribution in [-0.2, 0) is 4.79 Å². The SMILES string of the molecule is O=C(CCCCBr)Nc1ccc2c(c1)OCCO2. The summed E-state index contributed by atoms with van der Waals surface area (Å²) in [7, 11) is 0. The van der Waals surface area contributed by atoms with Crippen molar-refractivity contribution in [2.45, 2.75) is 19.3 Å². The van der Waals surface area contributed by atoms with E-state index in [-0.39, 0.29) is 5.91 Å². The molecule has 1 amide bonds. The Hall–Kier alpha value is -1.23. The molecule has 98 valence electrons. The van der Waals surface area contributed by atoms with Crippen LogP contribution < -0.4 is 14.8 Å². The molecule has 0 aliphatic carbocycles. The second kappa shape index (κ2) is 6.64. The van der Waals surface area contributed by atoms with E-state index in [1.807, 2.05) is 12.1 Å². The van der Waals surface area contributed by atoms with Crippen molar-refractivity contribution < 1.29 is 14.3 Å². The first-order valence-corrected chi connectivity index (χ1v) is 7.17. The molecule has 0 unspecified atom stereocenters. The van der Waals surface area contributed by atoms with Gasteiger partial charge in [-0.25, -0.2) is 0 Å². The zero-order valence-corrected chi connectivity index (χ0v) is 11.7. The van der Waals surface area contributed by atoms with Crippen molar-refractivity contribution in [3.8, 4) is 11.5 Å². The number of halogens is 1. The van der Waals surface area contributed by atoms with Crippen LogP contribution in [0.15, 0.2) is 18.2 Å². The Kier molecular flexibility index (Phi) is 4.87. The molecule has 1 aromatic carbocycles. The molecule has 0 atom stereocenters. The van der Waals surface area contributed by atoms with Crippen LogP contribution in [0.5, 0.6) is 11.5 Å². The lowest BCUT2D eigenvalue weighted by atomic mass is 10.2. The van der Waals surface area contributed by atoms with Crippen LogP contribution in [0.2, 0.25) is 0 Å². The fourth-order valence-corrected chi connectivity index (χ4v) is 2.12. The van der Waals surface area contributed by atoms with Gasteiger partial charge in [0.2, 0.25) is 5.91 Å².